The van der Waals surface area contributed by atoms with Gasteiger partial charge in [0.05, 0.1) is 48.5 Å². The largest absolute Gasteiger partial charge is 0.469 e. The van der Waals surface area contributed by atoms with Crippen molar-refractivity contribution < 1.29 is 53.1 Å². The molecule has 28 atom stereocenters. The summed E-state index contributed by atoms with van der Waals surface area (Å²) in [6.07, 6.45) is 23.3. The summed E-state index contributed by atoms with van der Waals surface area (Å²) < 4.78 is 36.8. The fraction of sp³-hybridized carbons (Fsp3) is 0.764. The SMILES string of the molecule is C[C@@H]1[C@@H]2CCC[C@@H]2CC[C@@H]1[C@H]1C=C2C[C@H]3CCC[C@]34C[C@@H]3C[C@@]5(C)[C@H](c6ccoc6C[C@@H]([C@H]6CC[C@H]7[C@H](C=CN8CNC[C@H]78)C6)[C@H](O)CO)OC(=O)[C@H]6O[C@]65[C@]5([C@H]6CCC[C@@H](Cc7ccccc7)C6)[C@H](O)C(=O)[C@@H]6[C@@]1(C)O[C@]21[C@H]4C(=O)OC[C@@]61[C@@H]35. The second-order valence-corrected chi connectivity index (χ2v) is 32.4. The second-order valence-electron chi connectivity index (χ2n) is 32.4. The third kappa shape index (κ3) is 6.51. The summed E-state index contributed by atoms with van der Waals surface area (Å²) in [7, 11) is 0. The van der Waals surface area contributed by atoms with Gasteiger partial charge in [-0.15, -0.1) is 0 Å². The number of allylic oxidation sites excluding steroid dienone is 1. The molecule has 85 heavy (non-hydrogen) atoms. The Morgan fingerprint density at radius 3 is 2.54 bits per heavy atom. The number of fused-ring (bicyclic) bond motifs is 6. The highest BCUT2D eigenvalue weighted by Gasteiger charge is 2.98. The Morgan fingerprint density at radius 2 is 1.68 bits per heavy atom. The normalized spacial score (nSPS) is 53.2. The van der Waals surface area contributed by atoms with Gasteiger partial charge in [-0.25, -0.2) is 4.79 Å². The van der Waals surface area contributed by atoms with Crippen molar-refractivity contribution in [2.75, 3.05) is 26.4 Å². The molecule has 5 bridgehead atoms. The molecule has 16 aliphatic rings. The first-order valence-corrected chi connectivity index (χ1v) is 34.4. The first-order valence-electron chi connectivity index (χ1n) is 34.4. The summed E-state index contributed by atoms with van der Waals surface area (Å²) in [5, 5.41) is 41.2. The van der Waals surface area contributed by atoms with Crippen molar-refractivity contribution in [3.05, 3.63) is 83.5 Å². The summed E-state index contributed by atoms with van der Waals surface area (Å²) in [6, 6.07) is 13.2. The molecule has 7 aliphatic heterocycles. The number of ether oxygens (including phenoxy) is 4. The zero-order valence-electron chi connectivity index (χ0n) is 50.4. The van der Waals surface area contributed by atoms with E-state index in [1.54, 1.807) is 6.26 Å². The Bertz CT molecular complexity index is 3160. The van der Waals surface area contributed by atoms with E-state index in [1.807, 2.05) is 6.07 Å². The van der Waals surface area contributed by atoms with Crippen molar-refractivity contribution in [1.29, 1.82) is 0 Å². The smallest absolute Gasteiger partial charge is 0.339 e. The molecule has 18 rings (SSSR count). The highest BCUT2D eigenvalue weighted by molar-refractivity contribution is 5.94. The molecule has 13 heteroatoms. The average Bonchev–Trinajstić information content (AvgIpc) is 1.47. The number of nitrogens with zero attached hydrogens (tertiary/aromatic N) is 1. The van der Waals surface area contributed by atoms with E-state index in [0.29, 0.717) is 54.2 Å². The molecule has 2 aromatic rings. The van der Waals surface area contributed by atoms with E-state index >= 15 is 14.4 Å². The molecule has 9 aliphatic carbocycles. The van der Waals surface area contributed by atoms with Gasteiger partial charge in [-0.3, -0.25) is 14.9 Å². The first-order chi connectivity index (χ1) is 41.2. The van der Waals surface area contributed by atoms with Gasteiger partial charge >= 0.3 is 11.9 Å². The highest BCUT2D eigenvalue weighted by atomic mass is 16.7. The number of furan rings is 1. The van der Waals surface area contributed by atoms with Crippen LogP contribution in [0.2, 0.25) is 0 Å². The zero-order valence-corrected chi connectivity index (χ0v) is 50.4. The van der Waals surface area contributed by atoms with E-state index in [0.717, 1.165) is 115 Å². The predicted molar refractivity (Wildman–Crippen MR) is 312 cm³/mol. The Morgan fingerprint density at radius 1 is 0.847 bits per heavy atom. The lowest BCUT2D eigenvalue weighted by molar-refractivity contribution is -0.301. The molecule has 8 heterocycles. The summed E-state index contributed by atoms with van der Waals surface area (Å²) in [5.74, 6) is 0.939. The van der Waals surface area contributed by atoms with Crippen LogP contribution < -0.4 is 5.32 Å². The fourth-order valence-electron chi connectivity index (χ4n) is 27.5. The molecule has 4 spiro atoms. The number of aliphatic hydroxyl groups excluding tert-OH is 3. The highest BCUT2D eigenvalue weighted by Crippen LogP contribution is 2.90. The van der Waals surface area contributed by atoms with Crippen LogP contribution in [0.25, 0.3) is 0 Å². The monoisotopic (exact) mass is 1160 g/mol. The minimum absolute atomic E-state index is 0.0556. The quantitative estimate of drug-likeness (QED) is 0.100. The Kier molecular flexibility index (Phi) is 11.7. The van der Waals surface area contributed by atoms with Crippen LogP contribution in [0.15, 0.2) is 71.0 Å². The molecule has 0 radical (unpaired) electrons. The maximum absolute atomic E-state index is 17.5. The summed E-state index contributed by atoms with van der Waals surface area (Å²) in [5.41, 5.74) is -4.00. The van der Waals surface area contributed by atoms with Gasteiger partial charge in [0.1, 0.15) is 35.8 Å². The molecule has 0 unspecified atom stereocenters. The lowest BCUT2D eigenvalue weighted by Gasteiger charge is -2.72. The Labute approximate surface area is 501 Å². The Balaban J connectivity index is 0.816. The number of hydrogen-bond donors (Lipinski definition) is 4. The van der Waals surface area contributed by atoms with Gasteiger partial charge in [0.15, 0.2) is 11.9 Å². The minimum atomic E-state index is -1.49. The molecule has 4 N–H and O–H groups in total. The van der Waals surface area contributed by atoms with Gasteiger partial charge in [0, 0.05) is 41.3 Å². The molecule has 13 nitrogen and oxygen atoms in total. The molecule has 9 saturated carbocycles. The summed E-state index contributed by atoms with van der Waals surface area (Å²) in [4.78, 5) is 51.4. The third-order valence-corrected chi connectivity index (χ3v) is 29.9. The predicted octanol–water partition coefficient (Wildman–Crippen LogP) is 9.86. The number of cyclic esters (lactones) is 2. The number of esters is 2. The molecule has 1 aromatic carbocycles. The molecule has 1 aromatic heterocycles. The van der Waals surface area contributed by atoms with Crippen molar-refractivity contribution in [2.24, 2.45) is 116 Å². The van der Waals surface area contributed by atoms with E-state index in [2.05, 4.69) is 79.7 Å². The maximum Gasteiger partial charge on any atom is 0.339 e. The number of benzene rings is 1. The maximum atomic E-state index is 17.5. The number of hydrogen-bond acceptors (Lipinski definition) is 13. The number of carbonyl (C=O) groups excluding carboxylic acids is 3. The topological polar surface area (TPSA) is 181 Å². The van der Waals surface area contributed by atoms with E-state index in [-0.39, 0.29) is 66.4 Å². The molecule has 5 saturated heterocycles. The van der Waals surface area contributed by atoms with Gasteiger partial charge in [-0.05, 0) is 203 Å². The van der Waals surface area contributed by atoms with Crippen LogP contribution in [-0.2, 0) is 46.2 Å². The minimum Gasteiger partial charge on any atom is -0.469 e. The molecule has 14 fully saturated rings. The number of epoxide rings is 1. The van der Waals surface area contributed by atoms with Crippen LogP contribution in [0.5, 0.6) is 0 Å². The van der Waals surface area contributed by atoms with Gasteiger partial charge in [0.25, 0.3) is 0 Å². The first kappa shape index (κ1) is 54.1. The number of Topliss-reactive ketones (excluding diaryl/α,β-unsaturated/α-hetero) is 1. The zero-order chi connectivity index (χ0) is 57.5. The molecular formula is C72H92N2O11. The van der Waals surface area contributed by atoms with Crippen LogP contribution in [0, 0.1) is 116 Å². The lowest BCUT2D eigenvalue weighted by Crippen LogP contribution is -2.82. The van der Waals surface area contributed by atoms with Crippen molar-refractivity contribution >= 4 is 17.7 Å². The number of rotatable bonds is 10. The van der Waals surface area contributed by atoms with Crippen LogP contribution in [0.4, 0.5) is 0 Å². The van der Waals surface area contributed by atoms with Crippen LogP contribution >= 0.6 is 0 Å². The van der Waals surface area contributed by atoms with Gasteiger partial charge in [0.2, 0.25) is 0 Å². The number of ketones is 1. The van der Waals surface area contributed by atoms with Crippen molar-refractivity contribution in [1.82, 2.24) is 10.2 Å². The number of aliphatic hydroxyl groups is 3. The van der Waals surface area contributed by atoms with Crippen molar-refractivity contribution in [3.8, 4) is 0 Å². The van der Waals surface area contributed by atoms with Gasteiger partial charge < -0.3 is 43.6 Å². The summed E-state index contributed by atoms with van der Waals surface area (Å²) >= 11 is 0. The number of nitrogens with one attached hydrogen (secondary N) is 1. The average molecular weight is 1160 g/mol. The summed E-state index contributed by atoms with van der Waals surface area (Å²) in [6.45, 7) is 8.56. The third-order valence-electron chi connectivity index (χ3n) is 29.9. The molecular weight excluding hydrogens is 1070 g/mol. The van der Waals surface area contributed by atoms with Gasteiger partial charge in [-0.2, -0.15) is 0 Å². The second kappa shape index (κ2) is 18.4. The van der Waals surface area contributed by atoms with E-state index in [1.165, 1.54) is 36.8 Å². The van der Waals surface area contributed by atoms with Crippen LogP contribution in [-0.4, -0.2) is 106 Å². The van der Waals surface area contributed by atoms with E-state index in [9.17, 15) is 15.3 Å². The van der Waals surface area contributed by atoms with E-state index < -0.39 is 86.6 Å². The fourth-order valence-corrected chi connectivity index (χ4v) is 27.5. The molecule has 0 amide bonds. The van der Waals surface area contributed by atoms with Crippen molar-refractivity contribution in [3.63, 3.8) is 0 Å². The van der Waals surface area contributed by atoms with Gasteiger partial charge in [-0.1, -0.05) is 88.4 Å². The van der Waals surface area contributed by atoms with Crippen LogP contribution in [0.3, 0.4) is 0 Å². The number of carbonyl (C=O) groups is 3. The molecule has 456 valence electrons. The Hall–Kier alpha value is -3.85. The van der Waals surface area contributed by atoms with Crippen LogP contribution in [0.1, 0.15) is 159 Å². The lowest BCUT2D eigenvalue weighted by atomic mass is 9.29. The van der Waals surface area contributed by atoms with Crippen molar-refractivity contribution in [2.45, 2.75) is 196 Å². The standard InChI is InChI=1S/C72H92N2O11/c1-38-48-16-8-13-41(48)17-19-49(38)53-30-47-29-45-15-9-23-68(45)33-44-32-66(2)62(51-22-25-81-56(51)31-52(55(76)35-75)42-18-20-50-43(28-42)21-24-74-37-73-34-54(50)74)83-65(80)63-72(66,84-63)70(46-14-7-12-40(27-46)26-39-10-5-4-6-11-39)58(44)69-36-82-64(79)60(68)71(47,69)85-67(53,3)59(69)57(77)61(70)78/h4-6,10-11,21-22,24-25,30,38,40-46,48-50,52-55,58-63,73,75-76,78H,7-9,12-20,23,26-29,31-37H2,1-3H3/t38-,40+,41-,42+,43-,44+,45-,46+,48+,49+,50+,52+,53-,54-,55-,58-,59-,60+,61-,62+,63-,66+,67+,68+,69-,70+,71+,72-/m1/s1. The van der Waals surface area contributed by atoms with E-state index in [4.69, 9.17) is 23.4 Å².